The van der Waals surface area contributed by atoms with Crippen molar-refractivity contribution in [1.29, 1.82) is 0 Å². The molecule has 0 amide bonds. The lowest BCUT2D eigenvalue weighted by atomic mass is 9.88. The number of H-pyrrole nitrogens is 1. The van der Waals surface area contributed by atoms with Gasteiger partial charge in [0.05, 0.1) is 20.8 Å². The number of aromatic nitrogens is 1. The van der Waals surface area contributed by atoms with Crippen LogP contribution in [0.5, 0.6) is 11.5 Å². The SMILES string of the molecule is COCCN1CCc2cc(OC)c(OC)cc2[C@@H]1CCc1c[nH]c2ccccc12. The number of aromatic amines is 1. The Balaban J connectivity index is 1.64. The number of ether oxygens (including phenoxy) is 3. The molecular weight excluding hydrogens is 364 g/mol. The average molecular weight is 395 g/mol. The number of benzene rings is 2. The first-order valence-electron chi connectivity index (χ1n) is 10.3. The van der Waals surface area contributed by atoms with E-state index in [4.69, 9.17) is 14.2 Å². The summed E-state index contributed by atoms with van der Waals surface area (Å²) in [7, 11) is 5.18. The Labute approximate surface area is 172 Å². The van der Waals surface area contributed by atoms with Crippen molar-refractivity contribution in [1.82, 2.24) is 9.88 Å². The van der Waals surface area contributed by atoms with Crippen molar-refractivity contribution in [2.75, 3.05) is 41.0 Å². The summed E-state index contributed by atoms with van der Waals surface area (Å²) < 4.78 is 16.5. The number of hydrogen-bond donors (Lipinski definition) is 1. The molecule has 29 heavy (non-hydrogen) atoms. The minimum Gasteiger partial charge on any atom is -0.493 e. The molecule has 1 aliphatic rings. The van der Waals surface area contributed by atoms with Crippen LogP contribution in [0.25, 0.3) is 10.9 Å². The van der Waals surface area contributed by atoms with Gasteiger partial charge in [-0.25, -0.2) is 0 Å². The molecule has 1 atom stereocenters. The van der Waals surface area contributed by atoms with Crippen molar-refractivity contribution in [3.63, 3.8) is 0 Å². The molecule has 2 aromatic carbocycles. The highest BCUT2D eigenvalue weighted by Gasteiger charge is 2.29. The molecule has 1 aliphatic heterocycles. The Hall–Kier alpha value is -2.50. The van der Waals surface area contributed by atoms with Crippen molar-refractivity contribution in [3.8, 4) is 11.5 Å². The van der Waals surface area contributed by atoms with E-state index in [1.165, 1.54) is 27.6 Å². The fourth-order valence-electron chi connectivity index (χ4n) is 4.53. The van der Waals surface area contributed by atoms with Crippen LogP contribution in [0, 0.1) is 0 Å². The van der Waals surface area contributed by atoms with E-state index in [9.17, 15) is 0 Å². The summed E-state index contributed by atoms with van der Waals surface area (Å²) in [5.74, 6) is 1.61. The third-order valence-electron chi connectivity index (χ3n) is 6.06. The summed E-state index contributed by atoms with van der Waals surface area (Å²) in [5.41, 5.74) is 5.29. The zero-order valence-corrected chi connectivity index (χ0v) is 17.5. The monoisotopic (exact) mass is 394 g/mol. The van der Waals surface area contributed by atoms with Gasteiger partial charge >= 0.3 is 0 Å². The maximum absolute atomic E-state index is 5.60. The number of aryl methyl sites for hydroxylation is 1. The molecule has 0 radical (unpaired) electrons. The zero-order valence-electron chi connectivity index (χ0n) is 17.5. The maximum Gasteiger partial charge on any atom is 0.161 e. The lowest BCUT2D eigenvalue weighted by molar-refractivity contribution is 0.109. The molecule has 0 fully saturated rings. The van der Waals surface area contributed by atoms with E-state index in [0.29, 0.717) is 6.04 Å². The van der Waals surface area contributed by atoms with E-state index in [1.807, 2.05) is 0 Å². The van der Waals surface area contributed by atoms with Gasteiger partial charge in [-0.1, -0.05) is 18.2 Å². The molecule has 4 rings (SSSR count). The van der Waals surface area contributed by atoms with Crippen LogP contribution in [0.4, 0.5) is 0 Å². The molecule has 0 saturated heterocycles. The fourth-order valence-corrected chi connectivity index (χ4v) is 4.53. The minimum atomic E-state index is 0.336. The van der Waals surface area contributed by atoms with E-state index in [-0.39, 0.29) is 0 Å². The topological polar surface area (TPSA) is 46.7 Å². The Kier molecular flexibility index (Phi) is 6.07. The fraction of sp³-hybridized carbons (Fsp3) is 0.417. The van der Waals surface area contributed by atoms with Crippen LogP contribution in [0.15, 0.2) is 42.6 Å². The first-order valence-corrected chi connectivity index (χ1v) is 10.3. The van der Waals surface area contributed by atoms with Crippen LogP contribution in [0.3, 0.4) is 0 Å². The van der Waals surface area contributed by atoms with Crippen molar-refractivity contribution in [2.45, 2.75) is 25.3 Å². The smallest absolute Gasteiger partial charge is 0.161 e. The summed E-state index contributed by atoms with van der Waals surface area (Å²) >= 11 is 0. The van der Waals surface area contributed by atoms with Crippen molar-refractivity contribution in [2.24, 2.45) is 0 Å². The summed E-state index contributed by atoms with van der Waals surface area (Å²) in [5, 5.41) is 1.32. The molecule has 0 saturated carbocycles. The molecule has 0 unspecified atom stereocenters. The van der Waals surface area contributed by atoms with Gasteiger partial charge in [0.2, 0.25) is 0 Å². The van der Waals surface area contributed by atoms with Gasteiger partial charge in [-0.3, -0.25) is 4.90 Å². The number of methoxy groups -OCH3 is 3. The Morgan fingerprint density at radius 1 is 1.07 bits per heavy atom. The largest absolute Gasteiger partial charge is 0.493 e. The highest BCUT2D eigenvalue weighted by molar-refractivity contribution is 5.83. The molecule has 0 spiro atoms. The van der Waals surface area contributed by atoms with Crippen LogP contribution >= 0.6 is 0 Å². The number of hydrogen-bond acceptors (Lipinski definition) is 4. The lowest BCUT2D eigenvalue weighted by Gasteiger charge is -2.38. The van der Waals surface area contributed by atoms with Crippen LogP contribution in [-0.4, -0.2) is 50.9 Å². The average Bonchev–Trinajstić information content (AvgIpc) is 3.18. The number of para-hydroxylation sites is 1. The van der Waals surface area contributed by atoms with Crippen molar-refractivity contribution in [3.05, 3.63) is 59.3 Å². The first-order chi connectivity index (χ1) is 14.2. The predicted octanol–water partition coefficient (Wildman–Crippen LogP) is 4.36. The molecule has 1 N–H and O–H groups in total. The summed E-state index contributed by atoms with van der Waals surface area (Å²) in [6.07, 6.45) is 5.24. The molecule has 0 bridgehead atoms. The second kappa shape index (κ2) is 8.89. The highest BCUT2D eigenvalue weighted by atomic mass is 16.5. The second-order valence-electron chi connectivity index (χ2n) is 7.60. The number of fused-ring (bicyclic) bond motifs is 2. The Morgan fingerprint density at radius 3 is 2.66 bits per heavy atom. The normalized spacial score (nSPS) is 16.7. The van der Waals surface area contributed by atoms with E-state index in [0.717, 1.165) is 50.5 Å². The van der Waals surface area contributed by atoms with Crippen LogP contribution in [0.2, 0.25) is 0 Å². The van der Waals surface area contributed by atoms with Gasteiger partial charge in [0.25, 0.3) is 0 Å². The molecule has 0 aliphatic carbocycles. The minimum absolute atomic E-state index is 0.336. The van der Waals surface area contributed by atoms with Crippen molar-refractivity contribution >= 4 is 10.9 Å². The highest BCUT2D eigenvalue weighted by Crippen LogP contribution is 2.40. The molecule has 1 aromatic heterocycles. The molecule has 3 aromatic rings. The van der Waals surface area contributed by atoms with Crippen LogP contribution in [-0.2, 0) is 17.6 Å². The van der Waals surface area contributed by atoms with E-state index < -0.39 is 0 Å². The quantitative estimate of drug-likeness (QED) is 0.617. The molecule has 5 heteroatoms. The summed E-state index contributed by atoms with van der Waals surface area (Å²) in [6, 6.07) is 13.2. The summed E-state index contributed by atoms with van der Waals surface area (Å²) in [4.78, 5) is 5.95. The van der Waals surface area contributed by atoms with Crippen LogP contribution in [0.1, 0.15) is 29.2 Å². The number of nitrogens with zero attached hydrogens (tertiary/aromatic N) is 1. The standard InChI is InChI=1S/C24H30N2O3/c1-27-13-12-26-11-10-17-14-23(28-2)24(29-3)15-20(17)22(26)9-8-18-16-25-21-7-5-4-6-19(18)21/h4-7,14-16,22,25H,8-13H2,1-3H3/t22-/m0/s1. The predicted molar refractivity (Wildman–Crippen MR) is 116 cm³/mol. The van der Waals surface area contributed by atoms with E-state index >= 15 is 0 Å². The molecule has 5 nitrogen and oxygen atoms in total. The van der Waals surface area contributed by atoms with Gasteiger partial charge in [0, 0.05) is 43.3 Å². The molecule has 2 heterocycles. The van der Waals surface area contributed by atoms with E-state index in [1.54, 1.807) is 21.3 Å². The van der Waals surface area contributed by atoms with Gasteiger partial charge < -0.3 is 19.2 Å². The zero-order chi connectivity index (χ0) is 20.2. The number of rotatable bonds is 8. The van der Waals surface area contributed by atoms with Crippen LogP contribution < -0.4 is 9.47 Å². The van der Waals surface area contributed by atoms with Gasteiger partial charge in [-0.05, 0) is 54.2 Å². The molecule has 154 valence electrons. The van der Waals surface area contributed by atoms with Gasteiger partial charge in [-0.2, -0.15) is 0 Å². The van der Waals surface area contributed by atoms with E-state index in [2.05, 4.69) is 52.5 Å². The van der Waals surface area contributed by atoms with Crippen molar-refractivity contribution < 1.29 is 14.2 Å². The Bertz CT molecular complexity index is 966. The van der Waals surface area contributed by atoms with Gasteiger partial charge in [0.1, 0.15) is 0 Å². The summed E-state index contributed by atoms with van der Waals surface area (Å²) in [6.45, 7) is 2.71. The first kappa shape index (κ1) is 19.8. The number of nitrogens with one attached hydrogen (secondary N) is 1. The lowest BCUT2D eigenvalue weighted by Crippen LogP contribution is -2.38. The van der Waals surface area contributed by atoms with Gasteiger partial charge in [0.15, 0.2) is 11.5 Å². The third kappa shape index (κ3) is 3.98. The third-order valence-corrected chi connectivity index (χ3v) is 6.06. The van der Waals surface area contributed by atoms with Gasteiger partial charge in [-0.15, -0.1) is 0 Å². The second-order valence-corrected chi connectivity index (χ2v) is 7.60. The Morgan fingerprint density at radius 2 is 1.86 bits per heavy atom. The molecular formula is C24H30N2O3. The maximum atomic E-state index is 5.60.